The minimum Gasteiger partial charge on any atom is -0.369 e. The SMILES string of the molecule is N#CCC(=O)N1C[C@@H]2CC(CC#N)(n3cc(-c4ncnc5c4CCN5)cn3)C[C@@H]2C1. The monoisotopic (exact) mass is 402 g/mol. The van der Waals surface area contributed by atoms with Crippen LogP contribution in [0, 0.1) is 34.5 Å². The second kappa shape index (κ2) is 7.10. The molecule has 5 rings (SSSR count). The number of fused-ring (bicyclic) bond motifs is 2. The highest BCUT2D eigenvalue weighted by atomic mass is 16.2. The van der Waals surface area contributed by atoms with Crippen LogP contribution in [0.2, 0.25) is 0 Å². The van der Waals surface area contributed by atoms with Crippen LogP contribution in [0.4, 0.5) is 5.82 Å². The summed E-state index contributed by atoms with van der Waals surface area (Å²) in [4.78, 5) is 22.7. The van der Waals surface area contributed by atoms with Gasteiger partial charge in [0.25, 0.3) is 0 Å². The molecule has 1 amide bonds. The highest BCUT2D eigenvalue weighted by molar-refractivity contribution is 5.78. The molecule has 4 heterocycles. The Hall–Kier alpha value is -3.46. The average molecular weight is 402 g/mol. The lowest BCUT2D eigenvalue weighted by molar-refractivity contribution is -0.129. The maximum atomic E-state index is 12.1. The molecule has 1 saturated carbocycles. The van der Waals surface area contributed by atoms with E-state index in [-0.39, 0.29) is 17.9 Å². The van der Waals surface area contributed by atoms with E-state index in [2.05, 4.69) is 26.5 Å². The minimum atomic E-state index is -0.360. The smallest absolute Gasteiger partial charge is 0.236 e. The molecule has 1 saturated heterocycles. The molecule has 0 spiro atoms. The zero-order chi connectivity index (χ0) is 20.7. The first kappa shape index (κ1) is 18.6. The van der Waals surface area contributed by atoms with Crippen molar-refractivity contribution >= 4 is 11.7 Å². The number of nitriles is 2. The highest BCUT2D eigenvalue weighted by Gasteiger charge is 2.51. The molecule has 2 fully saturated rings. The lowest BCUT2D eigenvalue weighted by atomic mass is 9.92. The van der Waals surface area contributed by atoms with Crippen molar-refractivity contribution in [2.45, 2.75) is 37.6 Å². The predicted octanol–water partition coefficient (Wildman–Crippen LogP) is 1.70. The Balaban J connectivity index is 1.40. The number of hydrogen-bond donors (Lipinski definition) is 1. The van der Waals surface area contributed by atoms with Crippen LogP contribution in [0.15, 0.2) is 18.7 Å². The Bertz CT molecular complexity index is 1060. The summed E-state index contributed by atoms with van der Waals surface area (Å²) in [6, 6.07) is 4.31. The number of rotatable bonds is 4. The lowest BCUT2D eigenvalue weighted by Crippen LogP contribution is -2.35. The van der Waals surface area contributed by atoms with Gasteiger partial charge in [-0.1, -0.05) is 0 Å². The van der Waals surface area contributed by atoms with Gasteiger partial charge < -0.3 is 10.2 Å². The fraction of sp³-hybridized carbons (Fsp3) is 0.524. The first-order chi connectivity index (χ1) is 14.6. The molecule has 152 valence electrons. The molecular formula is C21H22N8O. The van der Waals surface area contributed by atoms with Gasteiger partial charge in [0.15, 0.2) is 0 Å². The number of aromatic nitrogens is 4. The normalized spacial score (nSPS) is 26.5. The molecule has 3 aliphatic rings. The standard InChI is InChI=1S/C21H22N8O/c22-4-1-18(30)28-10-14-7-21(3-5-23,8-15(14)11-28)29-12-16(9-27-29)19-17-2-6-24-20(17)26-13-25-19/h9,12-15H,1-3,6-8,10-11H2,(H,24,25,26)/t14-,15+,21?. The van der Waals surface area contributed by atoms with E-state index >= 15 is 0 Å². The van der Waals surface area contributed by atoms with E-state index in [9.17, 15) is 10.1 Å². The number of carbonyl (C=O) groups is 1. The van der Waals surface area contributed by atoms with Gasteiger partial charge in [-0.15, -0.1) is 0 Å². The summed E-state index contributed by atoms with van der Waals surface area (Å²) in [6.45, 7) is 2.19. The van der Waals surface area contributed by atoms with Crippen molar-refractivity contribution in [1.82, 2.24) is 24.6 Å². The summed E-state index contributed by atoms with van der Waals surface area (Å²) >= 11 is 0. The van der Waals surface area contributed by atoms with Gasteiger partial charge in [0.1, 0.15) is 18.6 Å². The fourth-order valence-corrected chi connectivity index (χ4v) is 5.46. The van der Waals surface area contributed by atoms with E-state index in [4.69, 9.17) is 5.26 Å². The molecule has 1 unspecified atom stereocenters. The number of anilines is 1. The Morgan fingerprint density at radius 1 is 1.23 bits per heavy atom. The van der Waals surface area contributed by atoms with Gasteiger partial charge in [0.05, 0.1) is 36.0 Å². The average Bonchev–Trinajstić information content (AvgIpc) is 3.50. The van der Waals surface area contributed by atoms with E-state index < -0.39 is 0 Å². The number of amides is 1. The molecule has 1 aliphatic carbocycles. The van der Waals surface area contributed by atoms with Gasteiger partial charge in [0.2, 0.25) is 5.91 Å². The Labute approximate surface area is 174 Å². The van der Waals surface area contributed by atoms with Gasteiger partial charge in [-0.25, -0.2) is 9.97 Å². The van der Waals surface area contributed by atoms with Crippen LogP contribution >= 0.6 is 0 Å². The van der Waals surface area contributed by atoms with Crippen molar-refractivity contribution in [2.24, 2.45) is 11.8 Å². The van der Waals surface area contributed by atoms with E-state index in [0.717, 1.165) is 48.4 Å². The molecule has 9 heteroatoms. The first-order valence-corrected chi connectivity index (χ1v) is 10.3. The first-order valence-electron chi connectivity index (χ1n) is 10.3. The molecule has 3 atom stereocenters. The van der Waals surface area contributed by atoms with Gasteiger partial charge in [0, 0.05) is 37.0 Å². The van der Waals surface area contributed by atoms with Gasteiger partial charge >= 0.3 is 0 Å². The zero-order valence-corrected chi connectivity index (χ0v) is 16.6. The van der Waals surface area contributed by atoms with E-state index in [1.54, 1.807) is 11.2 Å². The molecule has 2 aromatic heterocycles. The molecule has 2 aliphatic heterocycles. The third kappa shape index (κ3) is 2.89. The number of likely N-dealkylation sites (tertiary alicyclic amines) is 1. The van der Waals surface area contributed by atoms with Crippen molar-refractivity contribution in [3.05, 3.63) is 24.3 Å². The van der Waals surface area contributed by atoms with Gasteiger partial charge in [-0.2, -0.15) is 15.6 Å². The highest BCUT2D eigenvalue weighted by Crippen LogP contribution is 2.49. The van der Waals surface area contributed by atoms with Crippen molar-refractivity contribution < 1.29 is 4.79 Å². The molecule has 30 heavy (non-hydrogen) atoms. The van der Waals surface area contributed by atoms with Crippen molar-refractivity contribution in [3.8, 4) is 23.4 Å². The van der Waals surface area contributed by atoms with Crippen LogP contribution in [-0.2, 0) is 16.8 Å². The van der Waals surface area contributed by atoms with Crippen molar-refractivity contribution in [2.75, 3.05) is 25.0 Å². The summed E-state index contributed by atoms with van der Waals surface area (Å²) in [5, 5.41) is 26.3. The van der Waals surface area contributed by atoms with Crippen LogP contribution < -0.4 is 5.32 Å². The Morgan fingerprint density at radius 2 is 2.03 bits per heavy atom. The van der Waals surface area contributed by atoms with Crippen molar-refractivity contribution in [1.29, 1.82) is 10.5 Å². The van der Waals surface area contributed by atoms with Crippen molar-refractivity contribution in [3.63, 3.8) is 0 Å². The summed E-state index contributed by atoms with van der Waals surface area (Å²) < 4.78 is 1.96. The molecule has 2 aromatic rings. The van der Waals surface area contributed by atoms with Crippen LogP contribution in [0.25, 0.3) is 11.3 Å². The van der Waals surface area contributed by atoms with E-state index in [1.807, 2.05) is 23.1 Å². The topological polar surface area (TPSA) is 124 Å². The largest absolute Gasteiger partial charge is 0.369 e. The maximum absolute atomic E-state index is 12.1. The third-order valence-electron chi connectivity index (χ3n) is 6.81. The summed E-state index contributed by atoms with van der Waals surface area (Å²) in [7, 11) is 0. The quantitative estimate of drug-likeness (QED) is 0.825. The molecule has 1 N–H and O–H groups in total. The van der Waals surface area contributed by atoms with E-state index in [0.29, 0.717) is 31.3 Å². The summed E-state index contributed by atoms with van der Waals surface area (Å²) in [5.41, 5.74) is 2.59. The molecule has 0 radical (unpaired) electrons. The predicted molar refractivity (Wildman–Crippen MR) is 107 cm³/mol. The summed E-state index contributed by atoms with van der Waals surface area (Å²) in [6.07, 6.45) is 8.24. The van der Waals surface area contributed by atoms with Crippen LogP contribution in [0.5, 0.6) is 0 Å². The molecule has 0 bridgehead atoms. The van der Waals surface area contributed by atoms with Gasteiger partial charge in [-0.3, -0.25) is 9.48 Å². The second-order valence-electron chi connectivity index (χ2n) is 8.52. The summed E-state index contributed by atoms with van der Waals surface area (Å²) in [5.74, 6) is 1.46. The molecular weight excluding hydrogens is 380 g/mol. The molecule has 0 aromatic carbocycles. The number of nitrogens with zero attached hydrogens (tertiary/aromatic N) is 7. The number of hydrogen-bond acceptors (Lipinski definition) is 7. The number of nitrogens with one attached hydrogen (secondary N) is 1. The fourth-order valence-electron chi connectivity index (χ4n) is 5.46. The van der Waals surface area contributed by atoms with Crippen LogP contribution in [0.3, 0.4) is 0 Å². The van der Waals surface area contributed by atoms with Crippen LogP contribution in [-0.4, -0.2) is 50.2 Å². The van der Waals surface area contributed by atoms with Gasteiger partial charge in [-0.05, 0) is 31.1 Å². The van der Waals surface area contributed by atoms with E-state index in [1.165, 1.54) is 0 Å². The maximum Gasteiger partial charge on any atom is 0.236 e. The number of carbonyl (C=O) groups excluding carboxylic acids is 1. The minimum absolute atomic E-state index is 0.0661. The molecule has 9 nitrogen and oxygen atoms in total. The van der Waals surface area contributed by atoms with Crippen LogP contribution in [0.1, 0.15) is 31.2 Å². The Kier molecular flexibility index (Phi) is 4.39. The zero-order valence-electron chi connectivity index (χ0n) is 16.6. The third-order valence-corrected chi connectivity index (χ3v) is 6.81. The second-order valence-corrected chi connectivity index (χ2v) is 8.52. The lowest BCUT2D eigenvalue weighted by Gasteiger charge is -2.29. The Morgan fingerprint density at radius 3 is 2.77 bits per heavy atom.